The molecule has 2 aliphatic rings. The Labute approximate surface area is 170 Å². The van der Waals surface area contributed by atoms with Crippen LogP contribution < -0.4 is 4.90 Å². The Bertz CT molecular complexity index is 897. The number of nitrogens with zero attached hydrogens (tertiary/aromatic N) is 2. The summed E-state index contributed by atoms with van der Waals surface area (Å²) in [6, 6.07) is 18.1. The Hall–Kier alpha value is -1.65. The topological polar surface area (TPSA) is 16.1 Å². The number of anilines is 1. The second-order valence-electron chi connectivity index (χ2n) is 7.36. The number of fused-ring (bicyclic) bond motifs is 3. The van der Waals surface area contributed by atoms with Crippen LogP contribution >= 0.6 is 23.5 Å². The number of hydrogen-bond donors (Lipinski definition) is 0. The van der Waals surface area contributed by atoms with Crippen LogP contribution in [-0.4, -0.2) is 31.6 Å². The van der Waals surface area contributed by atoms with E-state index in [1.807, 2.05) is 23.5 Å². The van der Waals surface area contributed by atoms with Crippen molar-refractivity contribution in [3.05, 3.63) is 71.0 Å². The molecule has 1 aromatic heterocycles. The fourth-order valence-electron chi connectivity index (χ4n) is 3.94. The van der Waals surface area contributed by atoms with E-state index in [2.05, 4.69) is 80.0 Å². The summed E-state index contributed by atoms with van der Waals surface area (Å²) in [5.74, 6) is 0. The van der Waals surface area contributed by atoms with E-state index >= 15 is 0 Å². The van der Waals surface area contributed by atoms with Crippen LogP contribution in [0.5, 0.6) is 0 Å². The van der Waals surface area contributed by atoms with Crippen molar-refractivity contribution < 1.29 is 0 Å². The molecule has 27 heavy (non-hydrogen) atoms. The third kappa shape index (κ3) is 3.57. The van der Waals surface area contributed by atoms with E-state index in [0.717, 1.165) is 12.8 Å². The van der Waals surface area contributed by atoms with Gasteiger partial charge >= 0.3 is 0 Å². The van der Waals surface area contributed by atoms with E-state index in [0.29, 0.717) is 10.5 Å². The van der Waals surface area contributed by atoms with Gasteiger partial charge in [0.1, 0.15) is 0 Å². The molecule has 5 rings (SSSR count). The molecule has 0 saturated heterocycles. The summed E-state index contributed by atoms with van der Waals surface area (Å²) in [5.41, 5.74) is 6.51. The summed E-state index contributed by atoms with van der Waals surface area (Å²) in [6.07, 6.45) is 6.43. The summed E-state index contributed by atoms with van der Waals surface area (Å²) >= 11 is 3.81. The van der Waals surface area contributed by atoms with Gasteiger partial charge in [0.05, 0.1) is 21.9 Å². The average Bonchev–Trinajstić information content (AvgIpc) is 2.72. The first kappa shape index (κ1) is 18.7. The van der Waals surface area contributed by atoms with Gasteiger partial charge in [0.25, 0.3) is 0 Å². The monoisotopic (exact) mass is 394 g/mol. The van der Waals surface area contributed by atoms with Gasteiger partial charge < -0.3 is 4.90 Å². The Kier molecular flexibility index (Phi) is 5.38. The highest BCUT2D eigenvalue weighted by atomic mass is 32.2. The van der Waals surface area contributed by atoms with Crippen LogP contribution in [0.25, 0.3) is 10.8 Å². The maximum atomic E-state index is 5.16. The molecule has 0 fully saturated rings. The molecule has 2 atom stereocenters. The van der Waals surface area contributed by atoms with E-state index in [1.54, 1.807) is 0 Å². The van der Waals surface area contributed by atoms with Gasteiger partial charge in [-0.1, -0.05) is 36.4 Å². The zero-order chi connectivity index (χ0) is 19.0. The molecule has 3 aromatic rings. The zero-order valence-electron chi connectivity index (χ0n) is 16.4. The highest BCUT2D eigenvalue weighted by Crippen LogP contribution is 2.39. The number of thioether (sulfide) groups is 2. The van der Waals surface area contributed by atoms with Gasteiger partial charge in [-0.25, -0.2) is 0 Å². The molecule has 0 spiro atoms. The fraction of sp³-hybridized carbons (Fsp3) is 0.348. The minimum atomic E-state index is 0.360. The van der Waals surface area contributed by atoms with Crippen molar-refractivity contribution in [1.29, 1.82) is 0 Å². The van der Waals surface area contributed by atoms with Crippen LogP contribution in [0.3, 0.4) is 0 Å². The molecule has 0 amide bonds. The van der Waals surface area contributed by atoms with Gasteiger partial charge in [-0.05, 0) is 59.4 Å². The molecule has 140 valence electrons. The van der Waals surface area contributed by atoms with Gasteiger partial charge in [-0.3, -0.25) is 4.98 Å². The summed E-state index contributed by atoms with van der Waals surface area (Å²) in [6.45, 7) is 0. The van der Waals surface area contributed by atoms with Gasteiger partial charge in [0.15, 0.2) is 0 Å². The van der Waals surface area contributed by atoms with E-state index in [-0.39, 0.29) is 0 Å². The van der Waals surface area contributed by atoms with Crippen molar-refractivity contribution >= 4 is 40.0 Å². The quantitative estimate of drug-likeness (QED) is 0.549. The summed E-state index contributed by atoms with van der Waals surface area (Å²) in [7, 11) is 4.24. The predicted octanol–water partition coefficient (Wildman–Crippen LogP) is 5.91. The van der Waals surface area contributed by atoms with Crippen LogP contribution in [0.2, 0.25) is 0 Å². The molecule has 2 nitrogen and oxygen atoms in total. The molecule has 4 heteroatoms. The lowest BCUT2D eigenvalue weighted by atomic mass is 9.94. The SMILES string of the molecule is CSC1Cc2ccc(c3ccccc23)CC(SC)c2cc(N(C)C)cc1n2. The van der Waals surface area contributed by atoms with Gasteiger partial charge in [-0.15, -0.1) is 0 Å². The lowest BCUT2D eigenvalue weighted by Crippen LogP contribution is -2.13. The minimum absolute atomic E-state index is 0.360. The largest absolute Gasteiger partial charge is 0.378 e. The van der Waals surface area contributed by atoms with Crippen molar-refractivity contribution in [2.45, 2.75) is 23.3 Å². The average molecular weight is 395 g/mol. The first-order chi connectivity index (χ1) is 13.1. The molecule has 0 saturated carbocycles. The highest BCUT2D eigenvalue weighted by Gasteiger charge is 2.23. The smallest absolute Gasteiger partial charge is 0.0561 e. The van der Waals surface area contributed by atoms with Gasteiger partial charge in [0.2, 0.25) is 0 Å². The molecule has 2 unspecified atom stereocenters. The van der Waals surface area contributed by atoms with Crippen LogP contribution in [-0.2, 0) is 12.8 Å². The highest BCUT2D eigenvalue weighted by molar-refractivity contribution is 7.99. The molecular formula is C23H26N2S2. The van der Waals surface area contributed by atoms with Crippen molar-refractivity contribution in [3.8, 4) is 0 Å². The third-order valence-electron chi connectivity index (χ3n) is 5.51. The third-order valence-corrected chi connectivity index (χ3v) is 7.46. The van der Waals surface area contributed by atoms with Gasteiger partial charge in [0, 0.05) is 19.8 Å². The molecule has 3 heterocycles. The van der Waals surface area contributed by atoms with Crippen LogP contribution in [0.1, 0.15) is 33.0 Å². The lowest BCUT2D eigenvalue weighted by molar-refractivity contribution is 0.844. The van der Waals surface area contributed by atoms with Gasteiger partial charge in [-0.2, -0.15) is 23.5 Å². The van der Waals surface area contributed by atoms with E-state index in [1.165, 1.54) is 39.0 Å². The van der Waals surface area contributed by atoms with Crippen molar-refractivity contribution in [2.24, 2.45) is 0 Å². The van der Waals surface area contributed by atoms with Crippen molar-refractivity contribution in [1.82, 2.24) is 4.98 Å². The predicted molar refractivity (Wildman–Crippen MR) is 122 cm³/mol. The number of pyridine rings is 1. The number of hydrogen-bond acceptors (Lipinski definition) is 4. The summed E-state index contributed by atoms with van der Waals surface area (Å²) < 4.78 is 0. The first-order valence-electron chi connectivity index (χ1n) is 9.35. The first-order valence-corrected chi connectivity index (χ1v) is 11.9. The van der Waals surface area contributed by atoms with E-state index in [9.17, 15) is 0 Å². The molecular weight excluding hydrogens is 368 g/mol. The van der Waals surface area contributed by atoms with E-state index in [4.69, 9.17) is 4.98 Å². The normalized spacial score (nSPS) is 19.1. The second-order valence-corrected chi connectivity index (χ2v) is 9.44. The number of aromatic nitrogens is 1. The Morgan fingerprint density at radius 1 is 0.815 bits per heavy atom. The standard InChI is InChI=1S/C23H26N2S2/c1-25(2)17-13-20-22(26-3)11-15-9-10-16(19-8-6-5-7-18(15)19)12-23(27-4)21(14-17)24-20/h5-10,13-14,22-23H,11-12H2,1-4H3. The maximum absolute atomic E-state index is 5.16. The lowest BCUT2D eigenvalue weighted by Gasteiger charge is -2.21. The van der Waals surface area contributed by atoms with Crippen LogP contribution in [0.15, 0.2) is 48.5 Å². The van der Waals surface area contributed by atoms with Crippen molar-refractivity contribution in [2.75, 3.05) is 31.5 Å². The van der Waals surface area contributed by atoms with Crippen LogP contribution in [0.4, 0.5) is 5.69 Å². The molecule has 0 N–H and O–H groups in total. The Morgan fingerprint density at radius 3 is 1.70 bits per heavy atom. The second kappa shape index (κ2) is 7.76. The molecule has 0 radical (unpaired) electrons. The Morgan fingerprint density at radius 2 is 1.30 bits per heavy atom. The van der Waals surface area contributed by atoms with Crippen LogP contribution in [0, 0.1) is 0 Å². The number of benzene rings is 2. The minimum Gasteiger partial charge on any atom is -0.378 e. The molecule has 0 aliphatic carbocycles. The maximum Gasteiger partial charge on any atom is 0.0561 e. The Balaban J connectivity index is 1.97. The number of rotatable bonds is 3. The zero-order valence-corrected chi connectivity index (χ0v) is 18.0. The fourth-order valence-corrected chi connectivity index (χ4v) is 5.36. The molecule has 2 aromatic carbocycles. The molecule has 2 aliphatic heterocycles. The summed E-state index contributed by atoms with van der Waals surface area (Å²) in [5, 5.41) is 3.52. The summed E-state index contributed by atoms with van der Waals surface area (Å²) in [4.78, 5) is 7.36. The molecule has 4 bridgehead atoms. The van der Waals surface area contributed by atoms with Crippen molar-refractivity contribution in [3.63, 3.8) is 0 Å². The van der Waals surface area contributed by atoms with E-state index < -0.39 is 0 Å².